The van der Waals surface area contributed by atoms with Gasteiger partial charge in [-0.25, -0.2) is 0 Å². The van der Waals surface area contributed by atoms with Gasteiger partial charge in [-0.05, 0) is 38.5 Å². The highest BCUT2D eigenvalue weighted by Crippen LogP contribution is 2.57. The van der Waals surface area contributed by atoms with E-state index in [0.29, 0.717) is 5.75 Å². The van der Waals surface area contributed by atoms with Crippen molar-refractivity contribution in [3.63, 3.8) is 0 Å². The predicted molar refractivity (Wildman–Crippen MR) is 67.2 cm³/mol. The third kappa shape index (κ3) is 2.20. The van der Waals surface area contributed by atoms with E-state index in [1.165, 1.54) is 24.1 Å². The zero-order valence-electron chi connectivity index (χ0n) is 11.5. The van der Waals surface area contributed by atoms with Gasteiger partial charge in [0.15, 0.2) is 5.54 Å². The molecule has 0 spiro atoms. The van der Waals surface area contributed by atoms with Crippen LogP contribution in [0.2, 0.25) is 0 Å². The molecule has 1 fully saturated rings. The highest BCUT2D eigenvalue weighted by Gasteiger charge is 2.72. The molecule has 2 nitrogen and oxygen atoms in total. The zero-order valence-corrected chi connectivity index (χ0v) is 11.5. The second-order valence-corrected chi connectivity index (χ2v) is 5.84. The van der Waals surface area contributed by atoms with Crippen molar-refractivity contribution in [1.82, 2.24) is 4.90 Å². The van der Waals surface area contributed by atoms with E-state index in [0.717, 1.165) is 0 Å². The zero-order chi connectivity index (χ0) is 14.5. The van der Waals surface area contributed by atoms with Crippen LogP contribution in [0.1, 0.15) is 26.3 Å². The quantitative estimate of drug-likeness (QED) is 0.764. The lowest BCUT2D eigenvalue weighted by Gasteiger charge is -2.29. The van der Waals surface area contributed by atoms with E-state index in [9.17, 15) is 13.2 Å². The minimum Gasteiger partial charge on any atom is -0.497 e. The Morgan fingerprint density at radius 3 is 1.95 bits per heavy atom. The van der Waals surface area contributed by atoms with Gasteiger partial charge in [0.2, 0.25) is 0 Å². The van der Waals surface area contributed by atoms with Crippen molar-refractivity contribution in [3.05, 3.63) is 29.8 Å². The number of halogens is 3. The Morgan fingerprint density at radius 2 is 1.63 bits per heavy atom. The van der Waals surface area contributed by atoms with E-state index in [2.05, 4.69) is 0 Å². The maximum Gasteiger partial charge on any atom is 0.412 e. The molecule has 0 aliphatic carbocycles. The Kier molecular flexibility index (Phi) is 3.08. The first-order valence-corrected chi connectivity index (χ1v) is 6.12. The van der Waals surface area contributed by atoms with Crippen LogP contribution in [0.3, 0.4) is 0 Å². The van der Waals surface area contributed by atoms with E-state index in [1.807, 2.05) is 0 Å². The van der Waals surface area contributed by atoms with E-state index in [-0.39, 0.29) is 12.1 Å². The minimum absolute atomic E-state index is 0.00628. The summed E-state index contributed by atoms with van der Waals surface area (Å²) in [6, 6.07) is 6.14. The van der Waals surface area contributed by atoms with E-state index in [1.54, 1.807) is 32.9 Å². The maximum atomic E-state index is 13.5. The van der Waals surface area contributed by atoms with Crippen LogP contribution in [0, 0.1) is 0 Å². The molecule has 0 amide bonds. The average Bonchev–Trinajstić information content (AvgIpc) is 3.05. The lowest BCUT2D eigenvalue weighted by molar-refractivity contribution is -0.178. The van der Waals surface area contributed by atoms with Gasteiger partial charge in [-0.3, -0.25) is 4.90 Å². The number of benzene rings is 1. The van der Waals surface area contributed by atoms with Gasteiger partial charge in [0.1, 0.15) is 5.75 Å². The normalized spacial score (nSPS) is 27.2. The van der Waals surface area contributed by atoms with Gasteiger partial charge in [-0.1, -0.05) is 12.1 Å². The first-order valence-electron chi connectivity index (χ1n) is 6.12. The van der Waals surface area contributed by atoms with Crippen molar-refractivity contribution in [1.29, 1.82) is 0 Å². The lowest BCUT2D eigenvalue weighted by atomic mass is 9.96. The summed E-state index contributed by atoms with van der Waals surface area (Å²) in [7, 11) is 1.49. The Hall–Kier alpha value is -1.23. The van der Waals surface area contributed by atoms with E-state index >= 15 is 0 Å². The topological polar surface area (TPSA) is 12.2 Å². The summed E-state index contributed by atoms with van der Waals surface area (Å²) in [5, 5.41) is 0. The highest BCUT2D eigenvalue weighted by molar-refractivity contribution is 5.38. The molecule has 2 atom stereocenters. The van der Waals surface area contributed by atoms with Crippen molar-refractivity contribution in [2.24, 2.45) is 0 Å². The number of nitrogens with zero attached hydrogens (tertiary/aromatic N) is 1. The van der Waals surface area contributed by atoms with Crippen LogP contribution in [-0.4, -0.2) is 30.3 Å². The van der Waals surface area contributed by atoms with Crippen LogP contribution in [-0.2, 0) is 5.54 Å². The highest BCUT2D eigenvalue weighted by atomic mass is 19.4. The van der Waals surface area contributed by atoms with Gasteiger partial charge in [0, 0.05) is 12.1 Å². The van der Waals surface area contributed by atoms with Crippen molar-refractivity contribution in [2.45, 2.75) is 38.0 Å². The molecule has 0 N–H and O–H groups in total. The fraction of sp³-hybridized carbons (Fsp3) is 0.571. The molecule has 2 unspecified atom stereocenters. The van der Waals surface area contributed by atoms with Crippen LogP contribution in [0.5, 0.6) is 5.75 Å². The third-order valence-electron chi connectivity index (χ3n) is 3.59. The number of hydrogen-bond donors (Lipinski definition) is 0. The minimum atomic E-state index is -4.28. The molecule has 1 aliphatic heterocycles. The molecule has 1 aromatic carbocycles. The van der Waals surface area contributed by atoms with E-state index in [4.69, 9.17) is 4.74 Å². The molecule has 19 heavy (non-hydrogen) atoms. The van der Waals surface area contributed by atoms with Gasteiger partial charge in [-0.15, -0.1) is 0 Å². The first-order chi connectivity index (χ1) is 8.63. The predicted octanol–water partition coefficient (Wildman–Crippen LogP) is 3.57. The van der Waals surface area contributed by atoms with Crippen LogP contribution in [0.25, 0.3) is 0 Å². The van der Waals surface area contributed by atoms with Crippen LogP contribution < -0.4 is 4.74 Å². The summed E-state index contributed by atoms with van der Waals surface area (Å²) < 4.78 is 45.4. The van der Waals surface area contributed by atoms with Gasteiger partial charge in [0.05, 0.1) is 7.11 Å². The SMILES string of the molecule is COc1ccc(C2(C(F)(F)F)CN2C(C)(C)C)cc1. The van der Waals surface area contributed by atoms with Crippen molar-refractivity contribution in [2.75, 3.05) is 13.7 Å². The van der Waals surface area contributed by atoms with Crippen molar-refractivity contribution < 1.29 is 17.9 Å². The number of ether oxygens (including phenoxy) is 1. The summed E-state index contributed by atoms with van der Waals surface area (Å²) in [5.74, 6) is 0.559. The van der Waals surface area contributed by atoms with Gasteiger partial charge in [-0.2, -0.15) is 13.2 Å². The first kappa shape index (κ1) is 14.2. The molecule has 0 saturated carbocycles. The van der Waals surface area contributed by atoms with Crippen LogP contribution >= 0.6 is 0 Å². The molecule has 0 radical (unpaired) electrons. The lowest BCUT2D eigenvalue weighted by Crippen LogP contribution is -2.40. The summed E-state index contributed by atoms with van der Waals surface area (Å²) in [6.07, 6.45) is -4.28. The average molecular weight is 273 g/mol. The smallest absolute Gasteiger partial charge is 0.412 e. The van der Waals surface area contributed by atoms with Gasteiger partial charge < -0.3 is 4.74 Å². The van der Waals surface area contributed by atoms with Crippen LogP contribution in [0.15, 0.2) is 24.3 Å². The monoisotopic (exact) mass is 273 g/mol. The molecule has 1 aromatic rings. The number of alkyl halides is 3. The second kappa shape index (κ2) is 4.13. The number of methoxy groups -OCH3 is 1. The molecule has 1 saturated heterocycles. The molecule has 0 aromatic heterocycles. The number of rotatable bonds is 2. The molecule has 106 valence electrons. The Bertz CT molecular complexity index is 461. The summed E-state index contributed by atoms with van der Waals surface area (Å²) in [6.45, 7) is 5.39. The Balaban J connectivity index is 2.41. The summed E-state index contributed by atoms with van der Waals surface area (Å²) in [5.41, 5.74) is -2.09. The molecule has 0 bridgehead atoms. The third-order valence-corrected chi connectivity index (χ3v) is 3.59. The Labute approximate surface area is 111 Å². The maximum absolute atomic E-state index is 13.5. The Morgan fingerprint density at radius 1 is 1.11 bits per heavy atom. The molecule has 5 heteroatoms. The molecular weight excluding hydrogens is 255 g/mol. The molecule has 1 aliphatic rings. The van der Waals surface area contributed by atoms with Crippen LogP contribution in [0.4, 0.5) is 13.2 Å². The summed E-state index contributed by atoms with van der Waals surface area (Å²) >= 11 is 0. The van der Waals surface area contributed by atoms with Gasteiger partial charge in [0.25, 0.3) is 0 Å². The van der Waals surface area contributed by atoms with Gasteiger partial charge >= 0.3 is 6.18 Å². The molecular formula is C14H18F3NO. The standard InChI is InChI=1S/C14H18F3NO/c1-12(2,3)18-9-13(18,14(15,16)17)10-5-7-11(19-4)8-6-10/h5-8H,9H2,1-4H3. The summed E-state index contributed by atoms with van der Waals surface area (Å²) in [4.78, 5) is 1.47. The fourth-order valence-electron chi connectivity index (χ4n) is 2.52. The van der Waals surface area contributed by atoms with E-state index < -0.39 is 17.3 Å². The van der Waals surface area contributed by atoms with Crippen molar-refractivity contribution in [3.8, 4) is 5.75 Å². The second-order valence-electron chi connectivity index (χ2n) is 5.84. The fourth-order valence-corrected chi connectivity index (χ4v) is 2.52. The van der Waals surface area contributed by atoms with Crippen molar-refractivity contribution >= 4 is 0 Å². The largest absolute Gasteiger partial charge is 0.497 e. The number of hydrogen-bond acceptors (Lipinski definition) is 2. The molecule has 1 heterocycles. The molecule has 2 rings (SSSR count).